The van der Waals surface area contributed by atoms with Crippen LogP contribution in [0.4, 0.5) is 5.00 Å². The van der Waals surface area contributed by atoms with Gasteiger partial charge in [-0.15, -0.1) is 11.3 Å². The van der Waals surface area contributed by atoms with E-state index in [4.69, 9.17) is 5.11 Å². The Bertz CT molecular complexity index is 737. The van der Waals surface area contributed by atoms with Crippen LogP contribution in [0, 0.1) is 5.92 Å². The summed E-state index contributed by atoms with van der Waals surface area (Å²) < 4.78 is 0. The number of hydrogen-bond acceptors (Lipinski definition) is 4. The van der Waals surface area contributed by atoms with Crippen molar-refractivity contribution in [3.05, 3.63) is 16.0 Å². The maximum Gasteiger partial charge on any atom is 0.303 e. The molecule has 2 aliphatic carbocycles. The van der Waals surface area contributed by atoms with E-state index in [0.29, 0.717) is 16.5 Å². The van der Waals surface area contributed by atoms with Gasteiger partial charge >= 0.3 is 5.97 Å². The lowest BCUT2D eigenvalue weighted by atomic mass is 9.85. The van der Waals surface area contributed by atoms with Gasteiger partial charge in [0.1, 0.15) is 5.00 Å². The van der Waals surface area contributed by atoms with Crippen LogP contribution in [0.5, 0.6) is 0 Å². The van der Waals surface area contributed by atoms with Crippen molar-refractivity contribution in [1.82, 2.24) is 5.32 Å². The van der Waals surface area contributed by atoms with E-state index in [-0.39, 0.29) is 30.7 Å². The Balaban J connectivity index is 1.80. The predicted octanol–water partition coefficient (Wildman–Crippen LogP) is 4.13. The average Bonchev–Trinajstić information content (AvgIpc) is 3.03. The minimum atomic E-state index is -0.998. The maximum atomic E-state index is 13.1. The van der Waals surface area contributed by atoms with Crippen molar-refractivity contribution in [3.8, 4) is 0 Å². The summed E-state index contributed by atoms with van der Waals surface area (Å²) in [5.74, 6) is -0.815. The second kappa shape index (κ2) is 9.54. The molecule has 1 unspecified atom stereocenters. The van der Waals surface area contributed by atoms with Crippen molar-refractivity contribution in [2.24, 2.45) is 5.92 Å². The minimum absolute atomic E-state index is 0.0842. The molecule has 3 N–H and O–H groups in total. The van der Waals surface area contributed by atoms with Crippen LogP contribution in [0.1, 0.15) is 85.5 Å². The number of carboxylic acid groups (broad SMARTS) is 1. The molecule has 1 aromatic heterocycles. The topological polar surface area (TPSA) is 95.5 Å². The summed E-state index contributed by atoms with van der Waals surface area (Å²) >= 11 is 1.49. The van der Waals surface area contributed by atoms with Gasteiger partial charge in [-0.3, -0.25) is 14.4 Å². The molecule has 1 fully saturated rings. The van der Waals surface area contributed by atoms with Gasteiger partial charge in [-0.2, -0.15) is 0 Å². The molecule has 1 heterocycles. The van der Waals surface area contributed by atoms with E-state index in [1.165, 1.54) is 22.6 Å². The van der Waals surface area contributed by atoms with Crippen LogP contribution in [0.2, 0.25) is 0 Å². The molecular weight excluding hydrogens is 376 g/mol. The molecule has 2 amide bonds. The minimum Gasteiger partial charge on any atom is -0.481 e. The average molecular weight is 407 g/mol. The number of amides is 2. The Morgan fingerprint density at radius 2 is 1.86 bits per heavy atom. The van der Waals surface area contributed by atoms with E-state index >= 15 is 0 Å². The number of fused-ring (bicyclic) bond motifs is 1. The van der Waals surface area contributed by atoms with Crippen LogP contribution in [0.25, 0.3) is 0 Å². The zero-order valence-corrected chi connectivity index (χ0v) is 17.3. The van der Waals surface area contributed by atoms with Gasteiger partial charge in [-0.05, 0) is 43.6 Å². The summed E-state index contributed by atoms with van der Waals surface area (Å²) in [7, 11) is 0. The molecule has 7 heteroatoms. The van der Waals surface area contributed by atoms with Gasteiger partial charge in [-0.25, -0.2) is 0 Å². The van der Waals surface area contributed by atoms with Crippen LogP contribution in [-0.4, -0.2) is 28.9 Å². The first-order chi connectivity index (χ1) is 13.5. The van der Waals surface area contributed by atoms with Crippen LogP contribution >= 0.6 is 11.3 Å². The molecule has 28 heavy (non-hydrogen) atoms. The second-order valence-corrected chi connectivity index (χ2v) is 9.08. The fourth-order valence-electron chi connectivity index (χ4n) is 4.25. The van der Waals surface area contributed by atoms with Gasteiger partial charge in [0.15, 0.2) is 0 Å². The fourth-order valence-corrected chi connectivity index (χ4v) is 5.62. The third kappa shape index (κ3) is 5.13. The molecule has 0 aliphatic heterocycles. The molecule has 0 radical (unpaired) electrons. The van der Waals surface area contributed by atoms with E-state index < -0.39 is 5.97 Å². The molecular formula is C21H30N2O4S. The lowest BCUT2D eigenvalue weighted by Gasteiger charge is -2.24. The third-order valence-electron chi connectivity index (χ3n) is 5.93. The number of carbonyl (C=O) groups is 3. The molecule has 2 aliphatic rings. The highest BCUT2D eigenvalue weighted by atomic mass is 32.1. The van der Waals surface area contributed by atoms with Crippen molar-refractivity contribution in [2.75, 3.05) is 5.32 Å². The Hall–Kier alpha value is -1.89. The van der Waals surface area contributed by atoms with Crippen molar-refractivity contribution in [2.45, 2.75) is 83.6 Å². The summed E-state index contributed by atoms with van der Waals surface area (Å²) in [6.07, 6.45) is 9.23. The number of aliphatic carboxylic acids is 1. The van der Waals surface area contributed by atoms with Crippen LogP contribution in [0.3, 0.4) is 0 Å². The number of hydrogen-bond donors (Lipinski definition) is 3. The van der Waals surface area contributed by atoms with Gasteiger partial charge in [0, 0.05) is 17.3 Å². The third-order valence-corrected chi connectivity index (χ3v) is 7.10. The zero-order chi connectivity index (χ0) is 20.1. The van der Waals surface area contributed by atoms with E-state index in [2.05, 4.69) is 17.6 Å². The van der Waals surface area contributed by atoms with E-state index in [0.717, 1.165) is 56.9 Å². The molecule has 0 spiro atoms. The molecule has 1 saturated carbocycles. The molecule has 6 nitrogen and oxygen atoms in total. The first kappa shape index (κ1) is 20.8. The van der Waals surface area contributed by atoms with Crippen molar-refractivity contribution in [1.29, 1.82) is 0 Å². The maximum absolute atomic E-state index is 13.1. The monoisotopic (exact) mass is 406 g/mol. The van der Waals surface area contributed by atoms with Crippen LogP contribution in [-0.2, 0) is 22.4 Å². The number of nitrogens with one attached hydrogen (secondary N) is 2. The highest BCUT2D eigenvalue weighted by Gasteiger charge is 2.30. The molecule has 0 bridgehead atoms. The SMILES string of the molecule is CCC1CCc2c(sc(NC(=O)CCC(=O)O)c2C(=O)NC2CCCCC2)C1. The molecule has 3 rings (SSSR count). The van der Waals surface area contributed by atoms with Gasteiger partial charge in [0.25, 0.3) is 5.91 Å². The van der Waals surface area contributed by atoms with Crippen LogP contribution in [0.15, 0.2) is 0 Å². The number of carbonyl (C=O) groups excluding carboxylic acids is 2. The smallest absolute Gasteiger partial charge is 0.303 e. The number of thiophene rings is 1. The summed E-state index contributed by atoms with van der Waals surface area (Å²) in [5.41, 5.74) is 1.69. The van der Waals surface area contributed by atoms with E-state index in [9.17, 15) is 14.4 Å². The highest BCUT2D eigenvalue weighted by Crippen LogP contribution is 2.40. The normalized spacial score (nSPS) is 19.7. The van der Waals surface area contributed by atoms with Gasteiger partial charge < -0.3 is 15.7 Å². The Morgan fingerprint density at radius 3 is 2.54 bits per heavy atom. The summed E-state index contributed by atoms with van der Waals surface area (Å²) in [4.78, 5) is 37.3. The molecule has 0 aromatic carbocycles. The van der Waals surface area contributed by atoms with Crippen molar-refractivity contribution >= 4 is 34.1 Å². The summed E-state index contributed by atoms with van der Waals surface area (Å²) in [5, 5.41) is 15.4. The number of carboxylic acids is 1. The molecule has 1 atom stereocenters. The Kier molecular flexibility index (Phi) is 7.10. The molecule has 1 aromatic rings. The van der Waals surface area contributed by atoms with Crippen molar-refractivity contribution in [3.63, 3.8) is 0 Å². The predicted molar refractivity (Wildman–Crippen MR) is 110 cm³/mol. The van der Waals surface area contributed by atoms with Crippen molar-refractivity contribution < 1.29 is 19.5 Å². The quantitative estimate of drug-likeness (QED) is 0.634. The largest absolute Gasteiger partial charge is 0.481 e. The molecule has 154 valence electrons. The van der Waals surface area contributed by atoms with Gasteiger partial charge in [0.05, 0.1) is 12.0 Å². The van der Waals surface area contributed by atoms with Crippen LogP contribution < -0.4 is 10.6 Å². The first-order valence-electron chi connectivity index (χ1n) is 10.4. The van der Waals surface area contributed by atoms with E-state index in [1.54, 1.807) is 0 Å². The van der Waals surface area contributed by atoms with Gasteiger partial charge in [-0.1, -0.05) is 32.6 Å². The number of rotatable bonds is 7. The fraction of sp³-hybridized carbons (Fsp3) is 0.667. The Labute approximate surface area is 170 Å². The lowest BCUT2D eigenvalue weighted by molar-refractivity contribution is -0.138. The number of anilines is 1. The highest BCUT2D eigenvalue weighted by molar-refractivity contribution is 7.17. The lowest BCUT2D eigenvalue weighted by Crippen LogP contribution is -2.37. The zero-order valence-electron chi connectivity index (χ0n) is 16.5. The Morgan fingerprint density at radius 1 is 1.11 bits per heavy atom. The first-order valence-corrected chi connectivity index (χ1v) is 11.3. The van der Waals surface area contributed by atoms with E-state index in [1.807, 2.05) is 0 Å². The molecule has 0 saturated heterocycles. The second-order valence-electron chi connectivity index (χ2n) is 7.98. The summed E-state index contributed by atoms with van der Waals surface area (Å²) in [6.45, 7) is 2.19. The van der Waals surface area contributed by atoms with Gasteiger partial charge in [0.2, 0.25) is 5.91 Å². The standard InChI is InChI=1S/C21H30N2O4S/c1-2-13-8-9-15-16(12-13)28-21(23-17(24)10-11-18(25)26)19(15)20(27)22-14-6-4-3-5-7-14/h13-14H,2-12H2,1H3,(H,22,27)(H,23,24)(H,25,26). The summed E-state index contributed by atoms with van der Waals surface area (Å²) in [6, 6.07) is 0.208.